The van der Waals surface area contributed by atoms with Crippen molar-refractivity contribution < 1.29 is 4.74 Å². The van der Waals surface area contributed by atoms with Crippen LogP contribution in [-0.2, 0) is 0 Å². The second-order valence-corrected chi connectivity index (χ2v) is 10.6. The minimum Gasteiger partial charge on any atom is -0.493 e. The molecule has 7 heteroatoms. The van der Waals surface area contributed by atoms with Crippen LogP contribution >= 0.6 is 23.3 Å². The van der Waals surface area contributed by atoms with Crippen LogP contribution in [-0.4, -0.2) is 39.3 Å². The highest BCUT2D eigenvalue weighted by atomic mass is 32.2. The van der Waals surface area contributed by atoms with E-state index in [2.05, 4.69) is 37.8 Å². The van der Waals surface area contributed by atoms with Crippen molar-refractivity contribution in [1.82, 2.24) is 14.3 Å². The number of nitrogens with one attached hydrogen (secondary N) is 1. The molecule has 5 nitrogen and oxygen atoms in total. The number of hydrogen-bond acceptors (Lipinski definition) is 7. The lowest BCUT2D eigenvalue weighted by Gasteiger charge is -2.47. The van der Waals surface area contributed by atoms with E-state index in [1.54, 1.807) is 18.1 Å². The molecular weight excluding hydrogens is 412 g/mol. The summed E-state index contributed by atoms with van der Waals surface area (Å²) in [4.78, 5) is 8.30. The van der Waals surface area contributed by atoms with Crippen molar-refractivity contribution in [1.29, 1.82) is 0 Å². The van der Waals surface area contributed by atoms with Crippen LogP contribution in [0.4, 0.5) is 5.13 Å². The Morgan fingerprint density at radius 1 is 1.10 bits per heavy atom. The fourth-order valence-corrected chi connectivity index (χ4v) is 6.86. The molecule has 1 aliphatic carbocycles. The first-order valence-corrected chi connectivity index (χ1v) is 13.3. The van der Waals surface area contributed by atoms with Gasteiger partial charge in [0.1, 0.15) is 12.1 Å². The minimum absolute atomic E-state index is 0.527. The molecule has 3 aliphatic rings. The monoisotopic (exact) mass is 444 g/mol. The van der Waals surface area contributed by atoms with Crippen LogP contribution in [0, 0.1) is 5.92 Å². The maximum atomic E-state index is 6.14. The van der Waals surface area contributed by atoms with E-state index in [1.807, 2.05) is 0 Å². The number of benzene rings is 1. The summed E-state index contributed by atoms with van der Waals surface area (Å²) in [5.74, 6) is 2.79. The Bertz CT molecular complexity index is 810. The molecule has 3 heterocycles. The number of anilines is 1. The van der Waals surface area contributed by atoms with Gasteiger partial charge in [-0.1, -0.05) is 31.7 Å². The predicted octanol–water partition coefficient (Wildman–Crippen LogP) is 5.96. The number of nitrogens with zero attached hydrogens (tertiary/aromatic N) is 3. The van der Waals surface area contributed by atoms with Crippen LogP contribution in [0.25, 0.3) is 0 Å². The largest absolute Gasteiger partial charge is 0.493 e. The third-order valence-electron chi connectivity index (χ3n) is 7.00. The zero-order valence-electron chi connectivity index (χ0n) is 17.6. The molecule has 2 aliphatic heterocycles. The summed E-state index contributed by atoms with van der Waals surface area (Å²) >= 11 is 3.18. The van der Waals surface area contributed by atoms with Crippen LogP contribution in [0.2, 0.25) is 0 Å². The second kappa shape index (κ2) is 9.88. The molecule has 1 saturated carbocycles. The number of aromatic nitrogens is 2. The highest BCUT2D eigenvalue weighted by Gasteiger charge is 2.37. The zero-order valence-corrected chi connectivity index (χ0v) is 19.2. The second-order valence-electron chi connectivity index (χ2n) is 8.76. The number of fused-ring (bicyclic) bond motifs is 1. The van der Waals surface area contributed by atoms with Crippen molar-refractivity contribution in [3.63, 3.8) is 0 Å². The van der Waals surface area contributed by atoms with Gasteiger partial charge in [-0.15, -0.1) is 11.8 Å². The predicted molar refractivity (Wildman–Crippen MR) is 124 cm³/mol. The van der Waals surface area contributed by atoms with Crippen LogP contribution in [0.5, 0.6) is 5.75 Å². The van der Waals surface area contributed by atoms with E-state index >= 15 is 0 Å². The summed E-state index contributed by atoms with van der Waals surface area (Å²) in [6.45, 7) is 2.09. The fourth-order valence-electron chi connectivity index (χ4n) is 5.61. The van der Waals surface area contributed by atoms with Crippen LogP contribution in [0.1, 0.15) is 69.4 Å². The average Bonchev–Trinajstić information content (AvgIpc) is 3.33. The van der Waals surface area contributed by atoms with E-state index in [1.165, 1.54) is 79.9 Å². The Labute approximate surface area is 188 Å². The number of likely N-dealkylation sites (tertiary alicyclic amines) is 1. The highest BCUT2D eigenvalue weighted by Crippen LogP contribution is 2.43. The van der Waals surface area contributed by atoms with Crippen molar-refractivity contribution in [3.8, 4) is 5.75 Å². The third-order valence-corrected chi connectivity index (χ3v) is 8.50. The highest BCUT2D eigenvalue weighted by molar-refractivity contribution is 7.99. The summed E-state index contributed by atoms with van der Waals surface area (Å²) in [6.07, 6.45) is 14.1. The summed E-state index contributed by atoms with van der Waals surface area (Å²) in [6, 6.07) is 8.15. The molecule has 0 radical (unpaired) electrons. The Balaban J connectivity index is 1.29. The molecule has 30 heavy (non-hydrogen) atoms. The van der Waals surface area contributed by atoms with E-state index in [-0.39, 0.29) is 0 Å². The molecule has 0 amide bonds. The first kappa shape index (κ1) is 20.6. The summed E-state index contributed by atoms with van der Waals surface area (Å²) in [7, 11) is 0. The van der Waals surface area contributed by atoms with Crippen molar-refractivity contribution in [2.45, 2.75) is 74.8 Å². The van der Waals surface area contributed by atoms with Gasteiger partial charge in [0.05, 0.1) is 12.5 Å². The number of ether oxygens (including phenoxy) is 1. The van der Waals surface area contributed by atoms with Gasteiger partial charge >= 0.3 is 0 Å². The molecular formula is C23H32N4OS2. The SMILES string of the molecule is c1nsc(NCSc2ccc3c(c2)OCC[C@@H]3N2CCCC[C@H]2C2CCCCC2)n1. The topological polar surface area (TPSA) is 50.3 Å². The number of thioether (sulfide) groups is 1. The smallest absolute Gasteiger partial charge is 0.202 e. The van der Waals surface area contributed by atoms with E-state index in [0.29, 0.717) is 6.04 Å². The van der Waals surface area contributed by atoms with Crippen LogP contribution in [0.15, 0.2) is 29.4 Å². The molecule has 1 aromatic carbocycles. The van der Waals surface area contributed by atoms with Gasteiger partial charge in [0.15, 0.2) is 0 Å². The number of piperidine rings is 1. The lowest BCUT2D eigenvalue weighted by atomic mass is 9.78. The molecule has 5 rings (SSSR count). The van der Waals surface area contributed by atoms with E-state index in [0.717, 1.165) is 41.7 Å². The molecule has 1 aromatic heterocycles. The molecule has 162 valence electrons. The standard InChI is InChI=1S/C23H32N4OS2/c1-2-6-17(7-3-1)20-8-4-5-12-27(20)21-11-13-28-22-14-18(9-10-19(21)22)29-16-25-23-24-15-26-30-23/h9-10,14-15,17,20-21H,1-8,11-13,16H2,(H,24,25,26)/t20-,21-/m0/s1. The summed E-state index contributed by atoms with van der Waals surface area (Å²) < 4.78 is 10.2. The molecule has 0 bridgehead atoms. The lowest BCUT2D eigenvalue weighted by molar-refractivity contribution is 0.0260. The van der Waals surface area contributed by atoms with Crippen LogP contribution in [0.3, 0.4) is 0 Å². The van der Waals surface area contributed by atoms with Gasteiger partial charge < -0.3 is 10.1 Å². The zero-order chi connectivity index (χ0) is 20.2. The van der Waals surface area contributed by atoms with Crippen molar-refractivity contribution in [2.75, 3.05) is 24.3 Å². The van der Waals surface area contributed by atoms with Gasteiger partial charge in [0, 0.05) is 40.5 Å². The van der Waals surface area contributed by atoms with Gasteiger partial charge in [0.2, 0.25) is 5.13 Å². The Hall–Kier alpha value is -1.31. The summed E-state index contributed by atoms with van der Waals surface area (Å²) in [5, 5.41) is 4.19. The Kier molecular flexibility index (Phi) is 6.78. The van der Waals surface area contributed by atoms with E-state index < -0.39 is 0 Å². The molecule has 0 unspecified atom stereocenters. The first-order chi connectivity index (χ1) is 14.9. The molecule has 1 saturated heterocycles. The molecule has 0 spiro atoms. The maximum absolute atomic E-state index is 6.14. The Morgan fingerprint density at radius 2 is 2.00 bits per heavy atom. The van der Waals surface area contributed by atoms with E-state index in [9.17, 15) is 0 Å². The van der Waals surface area contributed by atoms with Crippen molar-refractivity contribution in [2.24, 2.45) is 5.92 Å². The van der Waals surface area contributed by atoms with Crippen molar-refractivity contribution >= 4 is 28.4 Å². The first-order valence-electron chi connectivity index (χ1n) is 11.5. The lowest BCUT2D eigenvalue weighted by Crippen LogP contribution is -2.47. The summed E-state index contributed by atoms with van der Waals surface area (Å²) in [5.41, 5.74) is 1.41. The normalized spacial score (nSPS) is 25.5. The van der Waals surface area contributed by atoms with Gasteiger partial charge in [-0.05, 0) is 50.3 Å². The number of hydrogen-bond donors (Lipinski definition) is 1. The molecule has 2 fully saturated rings. The fraction of sp³-hybridized carbons (Fsp3) is 0.652. The molecule has 2 atom stereocenters. The Morgan fingerprint density at radius 3 is 2.87 bits per heavy atom. The maximum Gasteiger partial charge on any atom is 0.202 e. The van der Waals surface area contributed by atoms with Gasteiger partial charge in [-0.25, -0.2) is 4.98 Å². The molecule has 2 aromatic rings. The van der Waals surface area contributed by atoms with E-state index in [4.69, 9.17) is 4.74 Å². The quantitative estimate of drug-likeness (QED) is 0.438. The minimum atomic E-state index is 0.527. The van der Waals surface area contributed by atoms with Gasteiger partial charge in [-0.2, -0.15) is 4.37 Å². The van der Waals surface area contributed by atoms with Crippen molar-refractivity contribution in [3.05, 3.63) is 30.1 Å². The number of rotatable bonds is 6. The average molecular weight is 445 g/mol. The third kappa shape index (κ3) is 4.63. The van der Waals surface area contributed by atoms with Gasteiger partial charge in [0.25, 0.3) is 0 Å². The molecule has 1 N–H and O–H groups in total. The van der Waals surface area contributed by atoms with Gasteiger partial charge in [-0.3, -0.25) is 4.90 Å². The van der Waals surface area contributed by atoms with Crippen LogP contribution < -0.4 is 10.1 Å².